The molecule has 0 amide bonds. The summed E-state index contributed by atoms with van der Waals surface area (Å²) in [5.74, 6) is 1.83. The molecule has 12 aromatic rings. The SMILES string of the molecule is CC1(C)c2ccccc2-c2ccc(-c3nc(-c4ccccc4)nc(-n4c5ccccc5c5ccc6c7ccccc7n(-c7ccc(-c8ccccc8-c8ccccc8)cc7)c6c54)n3)cc21. The maximum absolute atomic E-state index is 5.47. The second-order valence-electron chi connectivity index (χ2n) is 17.6. The molecule has 0 spiro atoms. The molecule has 13 rings (SSSR count). The lowest BCUT2D eigenvalue weighted by molar-refractivity contribution is 0.660. The third-order valence-corrected chi connectivity index (χ3v) is 13.6. The van der Waals surface area contributed by atoms with Gasteiger partial charge in [0.25, 0.3) is 0 Å². The highest BCUT2D eigenvalue weighted by Crippen LogP contribution is 2.50. The zero-order chi connectivity index (χ0) is 43.2. The first-order valence-corrected chi connectivity index (χ1v) is 22.3. The third-order valence-electron chi connectivity index (χ3n) is 13.6. The number of rotatable bonds is 6. The van der Waals surface area contributed by atoms with Crippen LogP contribution >= 0.6 is 0 Å². The van der Waals surface area contributed by atoms with Crippen molar-refractivity contribution in [1.82, 2.24) is 24.1 Å². The van der Waals surface area contributed by atoms with E-state index in [1.807, 2.05) is 18.2 Å². The van der Waals surface area contributed by atoms with E-state index in [-0.39, 0.29) is 5.41 Å². The smallest absolute Gasteiger partial charge is 0.238 e. The zero-order valence-corrected chi connectivity index (χ0v) is 35.9. The Morgan fingerprint density at radius 2 is 0.815 bits per heavy atom. The molecule has 0 N–H and O–H groups in total. The Kier molecular flexibility index (Phi) is 8.18. The van der Waals surface area contributed by atoms with Crippen LogP contribution in [0.5, 0.6) is 0 Å². The first kappa shape index (κ1) is 37.2. The van der Waals surface area contributed by atoms with Crippen LogP contribution in [0, 0.1) is 0 Å². The maximum Gasteiger partial charge on any atom is 0.238 e. The van der Waals surface area contributed by atoms with Gasteiger partial charge in [-0.2, -0.15) is 9.97 Å². The Balaban J connectivity index is 1.06. The van der Waals surface area contributed by atoms with Crippen molar-refractivity contribution in [2.75, 3.05) is 0 Å². The second kappa shape index (κ2) is 14.3. The molecule has 5 nitrogen and oxygen atoms in total. The molecular weight excluding hydrogens is 791 g/mol. The molecule has 0 unspecified atom stereocenters. The molecule has 1 aliphatic rings. The number of hydrogen-bond donors (Lipinski definition) is 0. The standard InChI is InChI=1S/C60H41N5/c1-60(2)51-26-14-11-23-45(51)46-34-31-41(37-52(46)60)58-61-57(40-19-7-4-8-20-40)62-59(63-58)65-54-28-16-13-25-48(54)50-36-35-49-47-24-12-15-27-53(47)64(55(49)56(50)65)42-32-29-39(30-33-42)44-22-10-9-21-43(44)38-17-5-3-6-18-38/h3-37H,1-2H3. The molecule has 3 heterocycles. The minimum absolute atomic E-state index is 0.171. The number of fused-ring (bicyclic) bond motifs is 10. The van der Waals surface area contributed by atoms with Crippen molar-refractivity contribution in [2.45, 2.75) is 19.3 Å². The molecule has 0 fully saturated rings. The third kappa shape index (κ3) is 5.68. The van der Waals surface area contributed by atoms with Crippen molar-refractivity contribution in [3.63, 3.8) is 0 Å². The van der Waals surface area contributed by atoms with Crippen molar-refractivity contribution in [3.05, 3.63) is 223 Å². The highest BCUT2D eigenvalue weighted by molar-refractivity contribution is 6.23. The molecule has 0 atom stereocenters. The van der Waals surface area contributed by atoms with Gasteiger partial charge in [-0.15, -0.1) is 0 Å². The maximum atomic E-state index is 5.47. The lowest BCUT2D eigenvalue weighted by Gasteiger charge is -2.21. The first-order chi connectivity index (χ1) is 32.0. The number of nitrogens with zero attached hydrogens (tertiary/aromatic N) is 5. The van der Waals surface area contributed by atoms with E-state index >= 15 is 0 Å². The Morgan fingerprint density at radius 1 is 0.338 bits per heavy atom. The fourth-order valence-corrected chi connectivity index (χ4v) is 10.5. The van der Waals surface area contributed by atoms with E-state index in [0.717, 1.165) is 55.0 Å². The average molecular weight is 832 g/mol. The highest BCUT2D eigenvalue weighted by atomic mass is 15.2. The Bertz CT molecular complexity index is 3840. The molecular formula is C60H41N5. The van der Waals surface area contributed by atoms with Gasteiger partial charge in [-0.1, -0.05) is 196 Å². The zero-order valence-electron chi connectivity index (χ0n) is 35.9. The Morgan fingerprint density at radius 3 is 1.48 bits per heavy atom. The van der Waals surface area contributed by atoms with E-state index in [1.165, 1.54) is 49.9 Å². The van der Waals surface area contributed by atoms with Crippen LogP contribution in [0.4, 0.5) is 0 Å². The van der Waals surface area contributed by atoms with Crippen molar-refractivity contribution in [2.24, 2.45) is 0 Å². The van der Waals surface area contributed by atoms with Crippen molar-refractivity contribution in [3.8, 4) is 67.8 Å². The molecule has 65 heavy (non-hydrogen) atoms. The molecule has 1 aliphatic carbocycles. The van der Waals surface area contributed by atoms with Gasteiger partial charge in [-0.25, -0.2) is 4.98 Å². The normalized spacial score (nSPS) is 12.9. The summed E-state index contributed by atoms with van der Waals surface area (Å²) in [5, 5.41) is 4.61. The number of hydrogen-bond acceptors (Lipinski definition) is 3. The van der Waals surface area contributed by atoms with Crippen molar-refractivity contribution < 1.29 is 0 Å². The molecule has 0 aliphatic heterocycles. The van der Waals surface area contributed by atoms with Crippen LogP contribution in [0.25, 0.3) is 111 Å². The molecule has 5 heteroatoms. The first-order valence-electron chi connectivity index (χ1n) is 22.3. The summed E-state index contributed by atoms with van der Waals surface area (Å²) in [6, 6.07) is 76.0. The van der Waals surface area contributed by atoms with E-state index in [0.29, 0.717) is 17.6 Å². The van der Waals surface area contributed by atoms with Gasteiger partial charge in [0, 0.05) is 43.8 Å². The van der Waals surface area contributed by atoms with E-state index < -0.39 is 0 Å². The number of para-hydroxylation sites is 2. The Hall–Kier alpha value is -8.41. The minimum atomic E-state index is -0.171. The Labute approximate surface area is 376 Å². The molecule has 306 valence electrons. The van der Waals surface area contributed by atoms with Crippen molar-refractivity contribution >= 4 is 43.6 Å². The van der Waals surface area contributed by atoms with Crippen LogP contribution in [0.3, 0.4) is 0 Å². The monoisotopic (exact) mass is 831 g/mol. The summed E-state index contributed by atoms with van der Waals surface area (Å²) in [6.07, 6.45) is 0. The second-order valence-corrected chi connectivity index (χ2v) is 17.6. The van der Waals surface area contributed by atoms with E-state index in [4.69, 9.17) is 15.0 Å². The van der Waals surface area contributed by atoms with Crippen LogP contribution < -0.4 is 0 Å². The summed E-state index contributed by atoms with van der Waals surface area (Å²) in [7, 11) is 0. The topological polar surface area (TPSA) is 48.5 Å². The lowest BCUT2D eigenvalue weighted by atomic mass is 9.82. The van der Waals surface area contributed by atoms with Crippen LogP contribution in [0.2, 0.25) is 0 Å². The van der Waals surface area contributed by atoms with Gasteiger partial charge in [-0.3, -0.25) is 4.57 Å². The number of benzene rings is 9. The predicted octanol–water partition coefficient (Wildman–Crippen LogP) is 15.0. The summed E-state index contributed by atoms with van der Waals surface area (Å²) in [4.78, 5) is 16.1. The van der Waals surface area contributed by atoms with Crippen molar-refractivity contribution in [1.29, 1.82) is 0 Å². The number of aromatic nitrogens is 5. The quantitative estimate of drug-likeness (QED) is 0.168. The summed E-state index contributed by atoms with van der Waals surface area (Å²) >= 11 is 0. The fraction of sp³-hybridized carbons (Fsp3) is 0.0500. The van der Waals surface area contributed by atoms with Gasteiger partial charge in [0.05, 0.1) is 22.1 Å². The van der Waals surface area contributed by atoms with Crippen LogP contribution in [-0.4, -0.2) is 24.1 Å². The predicted molar refractivity (Wildman–Crippen MR) is 268 cm³/mol. The van der Waals surface area contributed by atoms with E-state index in [2.05, 4.69) is 217 Å². The molecule has 0 saturated carbocycles. The van der Waals surface area contributed by atoms with E-state index in [9.17, 15) is 0 Å². The van der Waals surface area contributed by atoms with Crippen LogP contribution in [0.1, 0.15) is 25.0 Å². The molecule has 0 bridgehead atoms. The molecule has 9 aromatic carbocycles. The van der Waals surface area contributed by atoms with E-state index in [1.54, 1.807) is 0 Å². The molecule has 3 aromatic heterocycles. The summed E-state index contributed by atoms with van der Waals surface area (Å²) in [6.45, 7) is 4.63. The lowest BCUT2D eigenvalue weighted by Crippen LogP contribution is -2.15. The fourth-order valence-electron chi connectivity index (χ4n) is 10.5. The van der Waals surface area contributed by atoms with Gasteiger partial charge >= 0.3 is 0 Å². The summed E-state index contributed by atoms with van der Waals surface area (Å²) < 4.78 is 4.70. The largest absolute Gasteiger partial charge is 0.307 e. The molecule has 0 radical (unpaired) electrons. The molecule has 0 saturated heterocycles. The average Bonchev–Trinajstić information content (AvgIpc) is 3.97. The van der Waals surface area contributed by atoms with Crippen LogP contribution in [-0.2, 0) is 5.41 Å². The van der Waals surface area contributed by atoms with Gasteiger partial charge in [-0.05, 0) is 74.8 Å². The minimum Gasteiger partial charge on any atom is -0.307 e. The highest BCUT2D eigenvalue weighted by Gasteiger charge is 2.35. The van der Waals surface area contributed by atoms with Gasteiger partial charge in [0.1, 0.15) is 0 Å². The van der Waals surface area contributed by atoms with Gasteiger partial charge in [0.15, 0.2) is 11.6 Å². The van der Waals surface area contributed by atoms with Crippen LogP contribution in [0.15, 0.2) is 212 Å². The summed E-state index contributed by atoms with van der Waals surface area (Å²) in [5.41, 5.74) is 17.0. The van der Waals surface area contributed by atoms with Gasteiger partial charge in [0.2, 0.25) is 5.95 Å². The van der Waals surface area contributed by atoms with Gasteiger partial charge < -0.3 is 4.57 Å².